The number of nitrogens with zero attached hydrogens (tertiary/aromatic N) is 3. The van der Waals surface area contributed by atoms with Gasteiger partial charge in [-0.3, -0.25) is 14.8 Å². The summed E-state index contributed by atoms with van der Waals surface area (Å²) in [6.07, 6.45) is 0. The molecular weight excluding hydrogens is 314 g/mol. The standard InChI is InChI=1S/C15H17N5O2S/c1-9-3-5-11(6-4-9)12-17-14(19-18-12)23-10(2)13(21)20-8-7-16-15(20)22/h3-6,10H,7-8H2,1-2H3,(H,16,22)(H,17,18,19)/t10-/m1/s1. The van der Waals surface area contributed by atoms with E-state index in [9.17, 15) is 9.59 Å². The summed E-state index contributed by atoms with van der Waals surface area (Å²) in [6, 6.07) is 7.60. The first-order valence-electron chi connectivity index (χ1n) is 7.30. The molecule has 3 rings (SSSR count). The van der Waals surface area contributed by atoms with Crippen LogP contribution in [-0.2, 0) is 4.79 Å². The van der Waals surface area contributed by atoms with Gasteiger partial charge in [0.05, 0.1) is 5.25 Å². The third-order valence-electron chi connectivity index (χ3n) is 3.54. The summed E-state index contributed by atoms with van der Waals surface area (Å²) in [4.78, 5) is 29.4. The molecule has 23 heavy (non-hydrogen) atoms. The van der Waals surface area contributed by atoms with Gasteiger partial charge in [-0.15, -0.1) is 5.10 Å². The Labute approximate surface area is 137 Å². The van der Waals surface area contributed by atoms with Gasteiger partial charge < -0.3 is 5.32 Å². The van der Waals surface area contributed by atoms with Crippen LogP contribution in [0.25, 0.3) is 11.4 Å². The molecule has 1 aliphatic heterocycles. The predicted molar refractivity (Wildman–Crippen MR) is 87.0 cm³/mol. The number of aromatic amines is 1. The van der Waals surface area contributed by atoms with Crippen molar-refractivity contribution in [1.82, 2.24) is 25.4 Å². The third kappa shape index (κ3) is 3.37. The molecule has 1 saturated heterocycles. The highest BCUT2D eigenvalue weighted by atomic mass is 32.2. The normalized spacial score (nSPS) is 15.6. The number of rotatable bonds is 4. The molecule has 0 bridgehead atoms. The molecule has 0 aliphatic carbocycles. The Bertz CT molecular complexity index is 728. The van der Waals surface area contributed by atoms with E-state index in [1.54, 1.807) is 6.92 Å². The van der Waals surface area contributed by atoms with E-state index in [1.807, 2.05) is 31.2 Å². The lowest BCUT2D eigenvalue weighted by Crippen LogP contribution is -2.38. The van der Waals surface area contributed by atoms with Gasteiger partial charge in [-0.25, -0.2) is 9.78 Å². The molecule has 1 aromatic carbocycles. The molecule has 8 heteroatoms. The topological polar surface area (TPSA) is 91.0 Å². The summed E-state index contributed by atoms with van der Waals surface area (Å²) in [5, 5.41) is 9.69. The monoisotopic (exact) mass is 331 g/mol. The molecule has 7 nitrogen and oxygen atoms in total. The molecule has 3 amide bonds. The number of thioether (sulfide) groups is 1. The lowest BCUT2D eigenvalue weighted by atomic mass is 10.1. The van der Waals surface area contributed by atoms with Gasteiger partial charge in [0.25, 0.3) is 0 Å². The minimum Gasteiger partial charge on any atom is -0.336 e. The zero-order valence-corrected chi connectivity index (χ0v) is 13.7. The van der Waals surface area contributed by atoms with Crippen molar-refractivity contribution in [3.05, 3.63) is 29.8 Å². The van der Waals surface area contributed by atoms with E-state index in [-0.39, 0.29) is 11.9 Å². The highest BCUT2D eigenvalue weighted by Gasteiger charge is 2.30. The number of aryl methyl sites for hydroxylation is 1. The summed E-state index contributed by atoms with van der Waals surface area (Å²) in [7, 11) is 0. The molecule has 1 fully saturated rings. The number of hydrogen-bond acceptors (Lipinski definition) is 5. The lowest BCUT2D eigenvalue weighted by Gasteiger charge is -2.15. The van der Waals surface area contributed by atoms with E-state index in [4.69, 9.17) is 0 Å². The zero-order chi connectivity index (χ0) is 16.4. The minimum absolute atomic E-state index is 0.230. The molecule has 120 valence electrons. The van der Waals surface area contributed by atoms with Crippen LogP contribution < -0.4 is 5.32 Å². The number of hydrogen-bond donors (Lipinski definition) is 2. The van der Waals surface area contributed by atoms with Gasteiger partial charge in [0.2, 0.25) is 11.1 Å². The zero-order valence-electron chi connectivity index (χ0n) is 12.9. The molecule has 1 aliphatic rings. The van der Waals surface area contributed by atoms with Crippen molar-refractivity contribution in [3.8, 4) is 11.4 Å². The molecule has 2 N–H and O–H groups in total. The Balaban J connectivity index is 1.67. The maximum absolute atomic E-state index is 12.3. The van der Waals surface area contributed by atoms with Crippen LogP contribution in [0.1, 0.15) is 12.5 Å². The summed E-state index contributed by atoms with van der Waals surface area (Å²) < 4.78 is 0. The van der Waals surface area contributed by atoms with E-state index in [2.05, 4.69) is 20.5 Å². The predicted octanol–water partition coefficient (Wildman–Crippen LogP) is 1.81. The third-order valence-corrected chi connectivity index (χ3v) is 4.49. The Morgan fingerprint density at radius 2 is 2.09 bits per heavy atom. The van der Waals surface area contributed by atoms with E-state index in [0.717, 1.165) is 5.56 Å². The second-order valence-corrected chi connectivity index (χ2v) is 6.62. The van der Waals surface area contributed by atoms with Gasteiger partial charge in [-0.1, -0.05) is 41.6 Å². The van der Waals surface area contributed by atoms with Gasteiger partial charge in [0, 0.05) is 18.7 Å². The van der Waals surface area contributed by atoms with Crippen molar-refractivity contribution in [2.24, 2.45) is 0 Å². The summed E-state index contributed by atoms with van der Waals surface area (Å²) in [5.74, 6) is 0.428. The molecule has 1 aromatic heterocycles. The maximum Gasteiger partial charge on any atom is 0.324 e. The number of carbonyl (C=O) groups is 2. The first-order valence-corrected chi connectivity index (χ1v) is 8.18. The van der Waals surface area contributed by atoms with Crippen LogP contribution in [0.15, 0.2) is 29.4 Å². The average molecular weight is 331 g/mol. The van der Waals surface area contributed by atoms with Crippen molar-refractivity contribution in [2.75, 3.05) is 13.1 Å². The van der Waals surface area contributed by atoms with Crippen LogP contribution >= 0.6 is 11.8 Å². The summed E-state index contributed by atoms with van der Waals surface area (Å²) >= 11 is 1.23. The van der Waals surface area contributed by atoms with E-state index < -0.39 is 5.25 Å². The van der Waals surface area contributed by atoms with Gasteiger partial charge in [0.15, 0.2) is 5.82 Å². The fourth-order valence-corrected chi connectivity index (χ4v) is 3.04. The second-order valence-electron chi connectivity index (χ2n) is 5.31. The maximum atomic E-state index is 12.3. The number of nitrogens with one attached hydrogen (secondary N) is 2. The Morgan fingerprint density at radius 3 is 2.74 bits per heavy atom. The van der Waals surface area contributed by atoms with E-state index >= 15 is 0 Å². The number of H-pyrrole nitrogens is 1. The Morgan fingerprint density at radius 1 is 1.35 bits per heavy atom. The molecule has 0 unspecified atom stereocenters. The highest BCUT2D eigenvalue weighted by molar-refractivity contribution is 8.00. The van der Waals surface area contributed by atoms with Crippen LogP contribution in [0.3, 0.4) is 0 Å². The van der Waals surface area contributed by atoms with Crippen molar-refractivity contribution in [1.29, 1.82) is 0 Å². The van der Waals surface area contributed by atoms with Crippen molar-refractivity contribution in [2.45, 2.75) is 24.3 Å². The molecule has 0 saturated carbocycles. The number of carbonyl (C=O) groups excluding carboxylic acids is 2. The highest BCUT2D eigenvalue weighted by Crippen LogP contribution is 2.24. The fourth-order valence-electron chi connectivity index (χ4n) is 2.25. The first-order chi connectivity index (χ1) is 11.0. The molecule has 1 atom stereocenters. The van der Waals surface area contributed by atoms with Crippen LogP contribution in [0.5, 0.6) is 0 Å². The van der Waals surface area contributed by atoms with Gasteiger partial charge in [-0.05, 0) is 13.8 Å². The summed E-state index contributed by atoms with van der Waals surface area (Å²) in [6.45, 7) is 4.68. The van der Waals surface area contributed by atoms with Crippen LogP contribution in [0.2, 0.25) is 0 Å². The Hall–Kier alpha value is -2.35. The molecule has 0 radical (unpaired) electrons. The van der Waals surface area contributed by atoms with E-state index in [0.29, 0.717) is 24.1 Å². The largest absolute Gasteiger partial charge is 0.336 e. The number of urea groups is 1. The lowest BCUT2D eigenvalue weighted by molar-refractivity contribution is -0.126. The number of benzene rings is 1. The van der Waals surface area contributed by atoms with Gasteiger partial charge in [-0.2, -0.15) is 0 Å². The quantitative estimate of drug-likeness (QED) is 0.834. The van der Waals surface area contributed by atoms with Crippen LogP contribution in [0, 0.1) is 6.92 Å². The minimum atomic E-state index is -0.430. The van der Waals surface area contributed by atoms with Crippen molar-refractivity contribution in [3.63, 3.8) is 0 Å². The first kappa shape index (κ1) is 15.5. The number of aromatic nitrogens is 3. The van der Waals surface area contributed by atoms with Crippen molar-refractivity contribution >= 4 is 23.7 Å². The summed E-state index contributed by atoms with van der Waals surface area (Å²) in [5.41, 5.74) is 2.11. The van der Waals surface area contributed by atoms with Crippen LogP contribution in [0.4, 0.5) is 4.79 Å². The van der Waals surface area contributed by atoms with Gasteiger partial charge in [0.1, 0.15) is 0 Å². The fraction of sp³-hybridized carbons (Fsp3) is 0.333. The SMILES string of the molecule is Cc1ccc(-c2nc(S[C@H](C)C(=O)N3CCNC3=O)n[nH]2)cc1. The number of amides is 3. The molecular formula is C15H17N5O2S. The van der Waals surface area contributed by atoms with Crippen LogP contribution in [-0.4, -0.2) is 50.4 Å². The molecule has 0 spiro atoms. The van der Waals surface area contributed by atoms with Gasteiger partial charge >= 0.3 is 6.03 Å². The molecule has 2 aromatic rings. The second kappa shape index (κ2) is 6.41. The average Bonchev–Trinajstić information content (AvgIpc) is 3.16. The van der Waals surface area contributed by atoms with Crippen molar-refractivity contribution < 1.29 is 9.59 Å². The molecule has 2 heterocycles. The Kier molecular flexibility index (Phi) is 4.33. The van der Waals surface area contributed by atoms with E-state index in [1.165, 1.54) is 22.2 Å². The number of imide groups is 1. The smallest absolute Gasteiger partial charge is 0.324 e.